The molecule has 0 unspecified atom stereocenters. The van der Waals surface area contributed by atoms with Crippen LogP contribution < -0.4 is 11.5 Å². The van der Waals surface area contributed by atoms with Gasteiger partial charge in [-0.2, -0.15) is 0 Å². The van der Waals surface area contributed by atoms with Gasteiger partial charge < -0.3 is 16.2 Å². The highest BCUT2D eigenvalue weighted by Crippen LogP contribution is 2.14. The minimum absolute atomic E-state index is 0.253. The van der Waals surface area contributed by atoms with Gasteiger partial charge in [0.25, 0.3) is 0 Å². The molecule has 102 valence electrons. The molecule has 20 heavy (non-hydrogen) atoms. The SMILES string of the molecule is Nc1cc(N)cc(/C=C/C(=O)OCc2ccccc2)c1. The summed E-state index contributed by atoms with van der Waals surface area (Å²) in [5, 5.41) is 0. The standard InChI is InChI=1S/C16H16N2O2/c17-14-8-13(9-15(18)10-14)6-7-16(19)20-11-12-4-2-1-3-5-12/h1-10H,11,17-18H2/b7-6+. The third kappa shape index (κ3) is 4.17. The van der Waals surface area contributed by atoms with Gasteiger partial charge in [0, 0.05) is 17.5 Å². The highest BCUT2D eigenvalue weighted by atomic mass is 16.5. The highest BCUT2D eigenvalue weighted by molar-refractivity contribution is 5.87. The number of hydrogen-bond acceptors (Lipinski definition) is 4. The van der Waals surface area contributed by atoms with Crippen LogP contribution in [0.4, 0.5) is 11.4 Å². The molecule has 0 radical (unpaired) electrons. The van der Waals surface area contributed by atoms with Gasteiger partial charge in [0.15, 0.2) is 0 Å². The van der Waals surface area contributed by atoms with Gasteiger partial charge in [-0.05, 0) is 35.4 Å². The van der Waals surface area contributed by atoms with Crippen LogP contribution in [0, 0.1) is 0 Å². The van der Waals surface area contributed by atoms with Crippen LogP contribution in [0.1, 0.15) is 11.1 Å². The lowest BCUT2D eigenvalue weighted by atomic mass is 10.1. The maximum atomic E-state index is 11.6. The minimum Gasteiger partial charge on any atom is -0.458 e. The lowest BCUT2D eigenvalue weighted by Gasteiger charge is -2.02. The zero-order valence-electron chi connectivity index (χ0n) is 11.0. The van der Waals surface area contributed by atoms with Crippen LogP contribution in [0.25, 0.3) is 6.08 Å². The molecule has 0 saturated carbocycles. The Labute approximate surface area is 117 Å². The number of anilines is 2. The van der Waals surface area contributed by atoms with Gasteiger partial charge in [-0.1, -0.05) is 30.3 Å². The molecular formula is C16H16N2O2. The van der Waals surface area contributed by atoms with E-state index in [1.165, 1.54) is 6.08 Å². The predicted octanol–water partition coefficient (Wildman–Crippen LogP) is 2.61. The van der Waals surface area contributed by atoms with Crippen molar-refractivity contribution >= 4 is 23.4 Å². The van der Waals surface area contributed by atoms with E-state index in [1.54, 1.807) is 24.3 Å². The van der Waals surface area contributed by atoms with E-state index >= 15 is 0 Å². The predicted molar refractivity (Wildman–Crippen MR) is 80.5 cm³/mol. The molecule has 0 aliphatic carbocycles. The molecule has 2 aromatic carbocycles. The van der Waals surface area contributed by atoms with Crippen molar-refractivity contribution in [2.24, 2.45) is 0 Å². The largest absolute Gasteiger partial charge is 0.458 e. The number of rotatable bonds is 4. The fourth-order valence-corrected chi connectivity index (χ4v) is 1.74. The van der Waals surface area contributed by atoms with Crippen molar-refractivity contribution in [3.63, 3.8) is 0 Å². The maximum absolute atomic E-state index is 11.6. The van der Waals surface area contributed by atoms with E-state index in [4.69, 9.17) is 16.2 Å². The van der Waals surface area contributed by atoms with Crippen LogP contribution in [0.5, 0.6) is 0 Å². The third-order valence-corrected chi connectivity index (χ3v) is 2.64. The van der Waals surface area contributed by atoms with Crippen molar-refractivity contribution in [2.45, 2.75) is 6.61 Å². The van der Waals surface area contributed by atoms with Crippen LogP contribution in [0.15, 0.2) is 54.6 Å². The summed E-state index contributed by atoms with van der Waals surface area (Å²) >= 11 is 0. The van der Waals surface area contributed by atoms with Crippen LogP contribution >= 0.6 is 0 Å². The van der Waals surface area contributed by atoms with Gasteiger partial charge in [-0.15, -0.1) is 0 Å². The first kappa shape index (κ1) is 13.7. The monoisotopic (exact) mass is 268 g/mol. The first-order valence-electron chi connectivity index (χ1n) is 6.18. The molecule has 4 N–H and O–H groups in total. The summed E-state index contributed by atoms with van der Waals surface area (Å²) in [7, 11) is 0. The van der Waals surface area contributed by atoms with E-state index in [0.717, 1.165) is 11.1 Å². The topological polar surface area (TPSA) is 78.3 Å². The fraction of sp³-hybridized carbons (Fsp3) is 0.0625. The summed E-state index contributed by atoms with van der Waals surface area (Å²) in [4.78, 5) is 11.6. The van der Waals surface area contributed by atoms with Crippen molar-refractivity contribution in [3.8, 4) is 0 Å². The smallest absolute Gasteiger partial charge is 0.331 e. The molecule has 0 aromatic heterocycles. The fourth-order valence-electron chi connectivity index (χ4n) is 1.74. The Bertz CT molecular complexity index is 601. The van der Waals surface area contributed by atoms with Crippen LogP contribution in [0.2, 0.25) is 0 Å². The Morgan fingerprint density at radius 1 is 1.05 bits per heavy atom. The lowest BCUT2D eigenvalue weighted by molar-refractivity contribution is -0.138. The summed E-state index contributed by atoms with van der Waals surface area (Å²) in [5.74, 6) is -0.408. The number of carbonyl (C=O) groups is 1. The van der Waals surface area contributed by atoms with Gasteiger partial charge in [0.2, 0.25) is 0 Å². The van der Waals surface area contributed by atoms with Crippen molar-refractivity contribution in [3.05, 3.63) is 65.7 Å². The van der Waals surface area contributed by atoms with Crippen molar-refractivity contribution in [2.75, 3.05) is 11.5 Å². The van der Waals surface area contributed by atoms with Crippen molar-refractivity contribution in [1.82, 2.24) is 0 Å². The molecule has 4 nitrogen and oxygen atoms in total. The average molecular weight is 268 g/mol. The van der Waals surface area contributed by atoms with Crippen LogP contribution in [-0.4, -0.2) is 5.97 Å². The molecule has 0 aliphatic rings. The molecule has 0 heterocycles. The number of nitrogens with two attached hydrogens (primary N) is 2. The van der Waals surface area contributed by atoms with E-state index in [-0.39, 0.29) is 6.61 Å². The molecule has 0 bridgehead atoms. The van der Waals surface area contributed by atoms with Crippen LogP contribution in [0.3, 0.4) is 0 Å². The first-order chi connectivity index (χ1) is 9.63. The Kier molecular flexibility index (Phi) is 4.39. The summed E-state index contributed by atoms with van der Waals surface area (Å²) in [5.41, 5.74) is 14.2. The van der Waals surface area contributed by atoms with Gasteiger partial charge in [-0.25, -0.2) is 4.79 Å². The summed E-state index contributed by atoms with van der Waals surface area (Å²) < 4.78 is 5.12. The molecule has 2 rings (SSSR count). The second kappa shape index (κ2) is 6.43. The summed E-state index contributed by atoms with van der Waals surface area (Å²) in [6, 6.07) is 14.6. The Morgan fingerprint density at radius 3 is 2.35 bits per heavy atom. The Balaban J connectivity index is 1.92. The minimum atomic E-state index is -0.408. The van der Waals surface area contributed by atoms with E-state index in [9.17, 15) is 4.79 Å². The van der Waals surface area contributed by atoms with Crippen molar-refractivity contribution < 1.29 is 9.53 Å². The maximum Gasteiger partial charge on any atom is 0.331 e. The molecule has 0 amide bonds. The van der Waals surface area contributed by atoms with E-state index < -0.39 is 5.97 Å². The van der Waals surface area contributed by atoms with Gasteiger partial charge in [0.05, 0.1) is 0 Å². The summed E-state index contributed by atoms with van der Waals surface area (Å²) in [6.45, 7) is 0.253. The summed E-state index contributed by atoms with van der Waals surface area (Å²) in [6.07, 6.45) is 2.98. The third-order valence-electron chi connectivity index (χ3n) is 2.64. The van der Waals surface area contributed by atoms with Gasteiger partial charge >= 0.3 is 5.97 Å². The second-order valence-electron chi connectivity index (χ2n) is 4.36. The zero-order valence-corrected chi connectivity index (χ0v) is 11.0. The lowest BCUT2D eigenvalue weighted by Crippen LogP contribution is -2.00. The second-order valence-corrected chi connectivity index (χ2v) is 4.36. The molecule has 0 atom stereocenters. The molecule has 0 spiro atoms. The molecule has 0 fully saturated rings. The molecule has 0 saturated heterocycles. The van der Waals surface area contributed by atoms with Gasteiger partial charge in [-0.3, -0.25) is 0 Å². The number of esters is 1. The normalized spacial score (nSPS) is 10.6. The molecular weight excluding hydrogens is 252 g/mol. The Morgan fingerprint density at radius 2 is 1.70 bits per heavy atom. The number of ether oxygens (including phenoxy) is 1. The number of hydrogen-bond donors (Lipinski definition) is 2. The van der Waals surface area contributed by atoms with E-state index in [1.807, 2.05) is 30.3 Å². The molecule has 4 heteroatoms. The zero-order chi connectivity index (χ0) is 14.4. The van der Waals surface area contributed by atoms with Gasteiger partial charge in [0.1, 0.15) is 6.61 Å². The van der Waals surface area contributed by atoms with E-state index in [2.05, 4.69) is 0 Å². The first-order valence-corrected chi connectivity index (χ1v) is 6.18. The highest BCUT2D eigenvalue weighted by Gasteiger charge is 1.99. The Hall–Kier alpha value is -2.75. The quantitative estimate of drug-likeness (QED) is 0.507. The van der Waals surface area contributed by atoms with Crippen molar-refractivity contribution in [1.29, 1.82) is 0 Å². The molecule has 0 aliphatic heterocycles. The average Bonchev–Trinajstić information content (AvgIpc) is 2.43. The van der Waals surface area contributed by atoms with Crippen LogP contribution in [-0.2, 0) is 16.1 Å². The number of benzene rings is 2. The number of nitrogen functional groups attached to an aromatic ring is 2. The van der Waals surface area contributed by atoms with E-state index in [0.29, 0.717) is 11.4 Å². The molecule has 2 aromatic rings. The number of carbonyl (C=O) groups excluding carboxylic acids is 1.